The van der Waals surface area contributed by atoms with Gasteiger partial charge >= 0.3 is 5.97 Å². The number of hydrogen-bond acceptors (Lipinski definition) is 7. The third-order valence-corrected chi connectivity index (χ3v) is 7.47. The zero-order valence-corrected chi connectivity index (χ0v) is 22.0. The first kappa shape index (κ1) is 25.1. The first-order valence-corrected chi connectivity index (χ1v) is 13.5. The molecule has 1 saturated heterocycles. The molecule has 0 spiro atoms. The second-order valence-corrected chi connectivity index (χ2v) is 10.1. The standard InChI is InChI=1S/C28H32N4O4S/c1-3-35-23-15-19(16-24(36-4-2)26(23)32-11-5-6-12-32)18-31-13-9-21(10-14-31)29-28-30-22-8-7-20(27(33)34)17-25(22)37-28/h5-8,11-12,15-17,21H,3-4,9-10,13-14,18H2,1-2H3,(H,29,30)(H,33,34). The number of likely N-dealkylation sites (tertiary alicyclic amines) is 1. The van der Waals surface area contributed by atoms with Crippen molar-refractivity contribution >= 4 is 32.7 Å². The summed E-state index contributed by atoms with van der Waals surface area (Å²) < 4.78 is 15.0. The summed E-state index contributed by atoms with van der Waals surface area (Å²) in [5.41, 5.74) is 3.23. The van der Waals surface area contributed by atoms with Crippen molar-refractivity contribution in [2.45, 2.75) is 39.3 Å². The number of benzene rings is 2. The molecule has 0 radical (unpaired) electrons. The van der Waals surface area contributed by atoms with E-state index >= 15 is 0 Å². The highest BCUT2D eigenvalue weighted by Crippen LogP contribution is 2.36. The van der Waals surface area contributed by atoms with Gasteiger partial charge in [0.1, 0.15) is 17.2 Å². The van der Waals surface area contributed by atoms with E-state index in [1.165, 1.54) is 16.9 Å². The molecule has 4 aromatic rings. The maximum Gasteiger partial charge on any atom is 0.335 e. The van der Waals surface area contributed by atoms with Gasteiger partial charge in [0.25, 0.3) is 0 Å². The van der Waals surface area contributed by atoms with Crippen molar-refractivity contribution in [3.05, 3.63) is 66.0 Å². The number of piperidine rings is 1. The van der Waals surface area contributed by atoms with Crippen molar-refractivity contribution in [2.24, 2.45) is 0 Å². The highest BCUT2D eigenvalue weighted by Gasteiger charge is 2.22. The third-order valence-electron chi connectivity index (χ3n) is 6.52. The molecule has 194 valence electrons. The molecule has 2 aromatic heterocycles. The molecule has 1 aliphatic heterocycles. The molecule has 8 nitrogen and oxygen atoms in total. The number of aromatic nitrogens is 2. The molecule has 37 heavy (non-hydrogen) atoms. The van der Waals surface area contributed by atoms with Crippen LogP contribution in [0.3, 0.4) is 0 Å². The Morgan fingerprint density at radius 2 is 1.76 bits per heavy atom. The number of nitrogens with one attached hydrogen (secondary N) is 1. The van der Waals surface area contributed by atoms with Crippen LogP contribution in [-0.4, -0.2) is 57.9 Å². The van der Waals surface area contributed by atoms with Gasteiger partial charge in [-0.05, 0) is 74.7 Å². The molecule has 1 aliphatic rings. The largest absolute Gasteiger partial charge is 0.492 e. The van der Waals surface area contributed by atoms with Crippen LogP contribution in [0.2, 0.25) is 0 Å². The lowest BCUT2D eigenvalue weighted by Crippen LogP contribution is -2.38. The number of carboxylic acids is 1. The van der Waals surface area contributed by atoms with Crippen LogP contribution >= 0.6 is 11.3 Å². The molecule has 5 rings (SSSR count). The maximum atomic E-state index is 11.3. The number of carboxylic acid groups (broad SMARTS) is 1. The van der Waals surface area contributed by atoms with Crippen molar-refractivity contribution in [2.75, 3.05) is 31.6 Å². The van der Waals surface area contributed by atoms with Gasteiger partial charge in [-0.25, -0.2) is 9.78 Å². The van der Waals surface area contributed by atoms with Crippen LogP contribution in [0, 0.1) is 0 Å². The van der Waals surface area contributed by atoms with E-state index in [1.54, 1.807) is 18.2 Å². The summed E-state index contributed by atoms with van der Waals surface area (Å²) in [4.78, 5) is 18.4. The summed E-state index contributed by atoms with van der Waals surface area (Å²) in [6.45, 7) is 7.95. The van der Waals surface area contributed by atoms with Gasteiger partial charge in [-0.1, -0.05) is 11.3 Å². The van der Waals surface area contributed by atoms with E-state index in [0.29, 0.717) is 19.3 Å². The Balaban J connectivity index is 1.24. The number of hydrogen-bond donors (Lipinski definition) is 2. The molecular weight excluding hydrogens is 488 g/mol. The summed E-state index contributed by atoms with van der Waals surface area (Å²) in [7, 11) is 0. The second-order valence-electron chi connectivity index (χ2n) is 9.10. The van der Waals surface area contributed by atoms with Gasteiger partial charge in [-0.2, -0.15) is 0 Å². The van der Waals surface area contributed by atoms with Crippen molar-refractivity contribution in [1.82, 2.24) is 14.5 Å². The molecular formula is C28H32N4O4S. The van der Waals surface area contributed by atoms with Gasteiger partial charge in [0.15, 0.2) is 5.13 Å². The topological polar surface area (TPSA) is 88.8 Å². The smallest absolute Gasteiger partial charge is 0.335 e. The lowest BCUT2D eigenvalue weighted by atomic mass is 10.0. The van der Waals surface area contributed by atoms with E-state index in [4.69, 9.17) is 9.47 Å². The fourth-order valence-corrected chi connectivity index (χ4v) is 5.77. The summed E-state index contributed by atoms with van der Waals surface area (Å²) in [6.07, 6.45) is 6.03. The Morgan fingerprint density at radius 3 is 2.38 bits per heavy atom. The van der Waals surface area contributed by atoms with Crippen LogP contribution in [0.1, 0.15) is 42.6 Å². The van der Waals surface area contributed by atoms with Crippen molar-refractivity contribution in [3.8, 4) is 17.2 Å². The molecule has 1 fully saturated rings. The number of fused-ring (bicyclic) bond motifs is 1. The molecule has 0 amide bonds. The number of aromatic carboxylic acids is 1. The van der Waals surface area contributed by atoms with E-state index in [9.17, 15) is 9.90 Å². The number of carbonyl (C=O) groups is 1. The first-order chi connectivity index (χ1) is 18.0. The van der Waals surface area contributed by atoms with Crippen LogP contribution in [0.15, 0.2) is 54.9 Å². The fraction of sp³-hybridized carbons (Fsp3) is 0.357. The van der Waals surface area contributed by atoms with Gasteiger partial charge < -0.3 is 24.5 Å². The quantitative estimate of drug-likeness (QED) is 0.279. The molecule has 0 aliphatic carbocycles. The minimum Gasteiger partial charge on any atom is -0.492 e. The van der Waals surface area contributed by atoms with Gasteiger partial charge in [0, 0.05) is 38.1 Å². The molecule has 0 unspecified atom stereocenters. The van der Waals surface area contributed by atoms with Crippen molar-refractivity contribution in [1.29, 1.82) is 0 Å². The number of thiazole rings is 1. The SMILES string of the molecule is CCOc1cc(CN2CCC(Nc3nc4ccc(C(=O)O)cc4s3)CC2)cc(OCC)c1-n1cccc1. The summed E-state index contributed by atoms with van der Waals surface area (Å²) in [5.74, 6) is 0.745. The highest BCUT2D eigenvalue weighted by atomic mass is 32.1. The van der Waals surface area contributed by atoms with E-state index in [1.807, 2.05) is 42.9 Å². The average Bonchev–Trinajstić information content (AvgIpc) is 3.55. The fourth-order valence-electron chi connectivity index (χ4n) is 4.78. The predicted octanol–water partition coefficient (Wildman–Crippen LogP) is 5.66. The minimum absolute atomic E-state index is 0.289. The van der Waals surface area contributed by atoms with E-state index < -0.39 is 5.97 Å². The normalized spacial score (nSPS) is 14.6. The van der Waals surface area contributed by atoms with E-state index in [2.05, 4.69) is 27.3 Å². The Bertz CT molecular complexity index is 1330. The van der Waals surface area contributed by atoms with Gasteiger partial charge in [0.05, 0.1) is 29.0 Å². The number of nitrogens with zero attached hydrogens (tertiary/aromatic N) is 3. The zero-order chi connectivity index (χ0) is 25.8. The van der Waals surface area contributed by atoms with Crippen LogP contribution in [-0.2, 0) is 6.54 Å². The minimum atomic E-state index is -0.918. The molecule has 2 N–H and O–H groups in total. The summed E-state index contributed by atoms with van der Waals surface area (Å²) in [6, 6.07) is 13.7. The summed E-state index contributed by atoms with van der Waals surface area (Å²) >= 11 is 1.51. The van der Waals surface area contributed by atoms with Crippen LogP contribution in [0.5, 0.6) is 11.5 Å². The lowest BCUT2D eigenvalue weighted by Gasteiger charge is -2.32. The molecule has 9 heteroatoms. The molecule has 0 bridgehead atoms. The van der Waals surface area contributed by atoms with Crippen LogP contribution in [0.4, 0.5) is 5.13 Å². The van der Waals surface area contributed by atoms with Gasteiger partial charge in [-0.3, -0.25) is 4.90 Å². The average molecular weight is 521 g/mol. The Morgan fingerprint density at radius 1 is 1.08 bits per heavy atom. The molecule has 0 saturated carbocycles. The van der Waals surface area contributed by atoms with Gasteiger partial charge in [-0.15, -0.1) is 0 Å². The lowest BCUT2D eigenvalue weighted by molar-refractivity contribution is 0.0697. The monoisotopic (exact) mass is 520 g/mol. The van der Waals surface area contributed by atoms with Crippen LogP contribution in [0.25, 0.3) is 15.9 Å². The zero-order valence-electron chi connectivity index (χ0n) is 21.1. The number of rotatable bonds is 10. The first-order valence-electron chi connectivity index (χ1n) is 12.7. The Labute approximate surface area is 220 Å². The Kier molecular flexibility index (Phi) is 7.62. The maximum absolute atomic E-state index is 11.3. The van der Waals surface area contributed by atoms with E-state index in [0.717, 1.165) is 65.0 Å². The third kappa shape index (κ3) is 5.73. The summed E-state index contributed by atoms with van der Waals surface area (Å²) in [5, 5.41) is 13.6. The van der Waals surface area contributed by atoms with Crippen molar-refractivity contribution < 1.29 is 19.4 Å². The van der Waals surface area contributed by atoms with Crippen LogP contribution < -0.4 is 14.8 Å². The molecule has 3 heterocycles. The second kappa shape index (κ2) is 11.2. The van der Waals surface area contributed by atoms with Crippen molar-refractivity contribution in [3.63, 3.8) is 0 Å². The number of ether oxygens (including phenoxy) is 2. The Hall–Kier alpha value is -3.56. The van der Waals surface area contributed by atoms with Gasteiger partial charge in [0.2, 0.25) is 0 Å². The molecule has 0 atom stereocenters. The highest BCUT2D eigenvalue weighted by molar-refractivity contribution is 7.22. The molecule has 2 aromatic carbocycles. The van der Waals surface area contributed by atoms with E-state index in [-0.39, 0.29) is 5.56 Å². The predicted molar refractivity (Wildman–Crippen MR) is 147 cm³/mol. The number of anilines is 1.